The maximum Gasteiger partial charge on any atom is 0.191 e. The van der Waals surface area contributed by atoms with Crippen LogP contribution in [-0.2, 0) is 5.41 Å². The van der Waals surface area contributed by atoms with Crippen LogP contribution in [0, 0.1) is 0 Å². The van der Waals surface area contributed by atoms with Crippen molar-refractivity contribution in [2.75, 3.05) is 33.8 Å². The standard InChI is InChI=1S/C22H34N4O.HI/c1-23-21(25-17-11-14-26(15-17)18-7-3-4-8-18)24-16-22(12-13-22)19-9-5-6-10-20(19)27-2;/h5-6,9-10,17-18H,3-4,7-8,11-16H2,1-2H3,(H2,23,24,25);1H. The number of hydrogen-bond acceptors (Lipinski definition) is 3. The van der Waals surface area contributed by atoms with E-state index in [4.69, 9.17) is 4.74 Å². The molecule has 3 fully saturated rings. The van der Waals surface area contributed by atoms with Crippen LogP contribution >= 0.6 is 24.0 Å². The Bertz CT molecular complexity index is 670. The summed E-state index contributed by atoms with van der Waals surface area (Å²) in [5.41, 5.74) is 1.51. The first-order valence-electron chi connectivity index (χ1n) is 10.6. The maximum atomic E-state index is 5.59. The summed E-state index contributed by atoms with van der Waals surface area (Å²) in [6, 6.07) is 9.77. The van der Waals surface area contributed by atoms with E-state index in [0.717, 1.165) is 30.8 Å². The fourth-order valence-electron chi connectivity index (χ4n) is 4.92. The number of guanidine groups is 1. The van der Waals surface area contributed by atoms with Crippen LogP contribution in [0.4, 0.5) is 0 Å². The van der Waals surface area contributed by atoms with Crippen LogP contribution in [0.1, 0.15) is 50.5 Å². The van der Waals surface area contributed by atoms with Crippen molar-refractivity contribution in [3.63, 3.8) is 0 Å². The molecule has 156 valence electrons. The highest BCUT2D eigenvalue weighted by molar-refractivity contribution is 14.0. The molecule has 1 aliphatic heterocycles. The van der Waals surface area contributed by atoms with Gasteiger partial charge in [0, 0.05) is 49.7 Å². The van der Waals surface area contributed by atoms with E-state index >= 15 is 0 Å². The van der Waals surface area contributed by atoms with E-state index in [2.05, 4.69) is 38.7 Å². The highest BCUT2D eigenvalue weighted by Gasteiger charge is 2.46. The van der Waals surface area contributed by atoms with Gasteiger partial charge in [-0.05, 0) is 38.2 Å². The molecule has 28 heavy (non-hydrogen) atoms. The first-order valence-corrected chi connectivity index (χ1v) is 10.6. The van der Waals surface area contributed by atoms with Crippen LogP contribution in [0.2, 0.25) is 0 Å². The average Bonchev–Trinajstić information content (AvgIpc) is 3.10. The first-order chi connectivity index (χ1) is 13.2. The van der Waals surface area contributed by atoms with Gasteiger partial charge in [-0.2, -0.15) is 0 Å². The van der Waals surface area contributed by atoms with Gasteiger partial charge in [-0.25, -0.2) is 0 Å². The lowest BCUT2D eigenvalue weighted by atomic mass is 9.95. The normalized spacial score (nSPS) is 24.6. The zero-order valence-corrected chi connectivity index (χ0v) is 19.6. The Hall–Kier alpha value is -1.02. The minimum Gasteiger partial charge on any atom is -0.496 e. The number of halogens is 1. The van der Waals surface area contributed by atoms with Gasteiger partial charge in [0.25, 0.3) is 0 Å². The molecule has 0 radical (unpaired) electrons. The fraction of sp³-hybridized carbons (Fsp3) is 0.682. The van der Waals surface area contributed by atoms with Crippen molar-refractivity contribution >= 4 is 29.9 Å². The number of nitrogens with one attached hydrogen (secondary N) is 2. The summed E-state index contributed by atoms with van der Waals surface area (Å²) in [5.74, 6) is 1.94. The van der Waals surface area contributed by atoms with Crippen LogP contribution < -0.4 is 15.4 Å². The molecular formula is C22H35IN4O. The summed E-state index contributed by atoms with van der Waals surface area (Å²) in [6.45, 7) is 3.29. The third-order valence-electron chi connectivity index (χ3n) is 6.75. The van der Waals surface area contributed by atoms with Crippen LogP contribution in [0.15, 0.2) is 29.3 Å². The molecule has 2 saturated carbocycles. The van der Waals surface area contributed by atoms with Crippen molar-refractivity contribution < 1.29 is 4.74 Å². The zero-order chi connectivity index (χ0) is 18.7. The molecule has 1 atom stereocenters. The summed E-state index contributed by atoms with van der Waals surface area (Å²) in [7, 11) is 3.64. The van der Waals surface area contributed by atoms with E-state index in [0.29, 0.717) is 6.04 Å². The predicted molar refractivity (Wildman–Crippen MR) is 126 cm³/mol. The topological polar surface area (TPSA) is 48.9 Å². The lowest BCUT2D eigenvalue weighted by molar-refractivity contribution is 0.242. The summed E-state index contributed by atoms with van der Waals surface area (Å²) >= 11 is 0. The Morgan fingerprint density at radius 2 is 1.96 bits per heavy atom. The molecule has 5 nitrogen and oxygen atoms in total. The highest BCUT2D eigenvalue weighted by atomic mass is 127. The van der Waals surface area contributed by atoms with Crippen molar-refractivity contribution in [2.24, 2.45) is 4.99 Å². The van der Waals surface area contributed by atoms with Gasteiger partial charge in [-0.3, -0.25) is 9.89 Å². The van der Waals surface area contributed by atoms with Gasteiger partial charge in [-0.15, -0.1) is 24.0 Å². The molecule has 3 aliphatic rings. The molecule has 0 amide bonds. The van der Waals surface area contributed by atoms with Crippen molar-refractivity contribution in [3.05, 3.63) is 29.8 Å². The number of ether oxygens (including phenoxy) is 1. The van der Waals surface area contributed by atoms with E-state index < -0.39 is 0 Å². The minimum absolute atomic E-state index is 0. The quantitative estimate of drug-likeness (QED) is 0.358. The van der Waals surface area contributed by atoms with Gasteiger partial charge >= 0.3 is 0 Å². The maximum absolute atomic E-state index is 5.59. The van der Waals surface area contributed by atoms with Gasteiger partial charge in [0.05, 0.1) is 7.11 Å². The summed E-state index contributed by atoms with van der Waals surface area (Å²) in [6.07, 6.45) is 9.23. The van der Waals surface area contributed by atoms with Crippen LogP contribution in [0.3, 0.4) is 0 Å². The van der Waals surface area contributed by atoms with E-state index in [1.54, 1.807) is 7.11 Å². The van der Waals surface area contributed by atoms with Crippen LogP contribution in [-0.4, -0.2) is 56.7 Å². The molecule has 1 aromatic rings. The molecule has 2 aliphatic carbocycles. The molecule has 0 bridgehead atoms. The molecule has 0 aromatic heterocycles. The Labute approximate surface area is 186 Å². The SMILES string of the molecule is CN=C(NCC1(c2ccccc2OC)CC1)NC1CCN(C2CCCC2)C1.I. The fourth-order valence-corrected chi connectivity index (χ4v) is 4.92. The number of nitrogens with zero attached hydrogens (tertiary/aromatic N) is 2. The number of benzene rings is 1. The van der Waals surface area contributed by atoms with Gasteiger partial charge in [0.2, 0.25) is 0 Å². The molecule has 1 aromatic carbocycles. The lowest BCUT2D eigenvalue weighted by Gasteiger charge is -2.25. The first kappa shape index (κ1) is 21.7. The van der Waals surface area contributed by atoms with Gasteiger partial charge in [0.15, 0.2) is 5.96 Å². The van der Waals surface area contributed by atoms with Gasteiger partial charge in [0.1, 0.15) is 5.75 Å². The molecule has 1 saturated heterocycles. The smallest absolute Gasteiger partial charge is 0.191 e. The Morgan fingerprint density at radius 3 is 2.64 bits per heavy atom. The number of hydrogen-bond donors (Lipinski definition) is 2. The monoisotopic (exact) mass is 498 g/mol. The average molecular weight is 498 g/mol. The number of methoxy groups -OCH3 is 1. The van der Waals surface area contributed by atoms with E-state index in [1.165, 1.54) is 57.1 Å². The van der Waals surface area contributed by atoms with E-state index in [-0.39, 0.29) is 29.4 Å². The second-order valence-corrected chi connectivity index (χ2v) is 8.47. The van der Waals surface area contributed by atoms with Crippen LogP contribution in [0.5, 0.6) is 5.75 Å². The largest absolute Gasteiger partial charge is 0.496 e. The molecule has 1 unspecified atom stereocenters. The molecule has 1 heterocycles. The minimum atomic E-state index is 0. The predicted octanol–water partition coefficient (Wildman–Crippen LogP) is 3.53. The van der Waals surface area contributed by atoms with Crippen molar-refractivity contribution in [3.8, 4) is 5.75 Å². The molecule has 0 spiro atoms. The molecular weight excluding hydrogens is 463 g/mol. The Morgan fingerprint density at radius 1 is 1.21 bits per heavy atom. The van der Waals surface area contributed by atoms with Crippen molar-refractivity contribution in [2.45, 2.75) is 62.4 Å². The van der Waals surface area contributed by atoms with Crippen molar-refractivity contribution in [1.29, 1.82) is 0 Å². The number of aliphatic imine (C=N–C) groups is 1. The van der Waals surface area contributed by atoms with Crippen molar-refractivity contribution in [1.82, 2.24) is 15.5 Å². The summed E-state index contributed by atoms with van der Waals surface area (Å²) < 4.78 is 5.59. The lowest BCUT2D eigenvalue weighted by Crippen LogP contribution is -2.47. The van der Waals surface area contributed by atoms with E-state index in [9.17, 15) is 0 Å². The molecule has 6 heteroatoms. The van der Waals surface area contributed by atoms with E-state index in [1.807, 2.05) is 13.1 Å². The highest BCUT2D eigenvalue weighted by Crippen LogP contribution is 2.50. The number of para-hydroxylation sites is 1. The number of likely N-dealkylation sites (tertiary alicyclic amines) is 1. The summed E-state index contributed by atoms with van der Waals surface area (Å²) in [5, 5.41) is 7.26. The third-order valence-corrected chi connectivity index (χ3v) is 6.75. The summed E-state index contributed by atoms with van der Waals surface area (Å²) in [4.78, 5) is 7.18. The zero-order valence-electron chi connectivity index (χ0n) is 17.2. The number of rotatable bonds is 6. The second-order valence-electron chi connectivity index (χ2n) is 8.47. The molecule has 2 N–H and O–H groups in total. The second kappa shape index (κ2) is 9.65. The third kappa shape index (κ3) is 4.75. The Balaban J connectivity index is 0.00000225. The Kier molecular flexibility index (Phi) is 7.48. The van der Waals surface area contributed by atoms with Gasteiger partial charge in [-0.1, -0.05) is 31.0 Å². The van der Waals surface area contributed by atoms with Crippen LogP contribution in [0.25, 0.3) is 0 Å². The molecule has 4 rings (SSSR count). The van der Waals surface area contributed by atoms with Gasteiger partial charge < -0.3 is 15.4 Å².